The quantitative estimate of drug-likeness (QED) is 0.820. The maximum absolute atomic E-state index is 12.6. The first-order valence-corrected chi connectivity index (χ1v) is 8.84. The van der Waals surface area contributed by atoms with E-state index in [9.17, 15) is 9.90 Å². The predicted molar refractivity (Wildman–Crippen MR) is 90.0 cm³/mol. The van der Waals surface area contributed by atoms with Crippen molar-refractivity contribution >= 4 is 17.2 Å². The average Bonchev–Trinajstić information content (AvgIpc) is 3.24. The van der Waals surface area contributed by atoms with E-state index in [0.29, 0.717) is 17.8 Å². The van der Waals surface area contributed by atoms with Gasteiger partial charge in [0.25, 0.3) is 5.91 Å². The van der Waals surface area contributed by atoms with Crippen molar-refractivity contribution in [2.45, 2.75) is 13.0 Å². The Labute approximate surface area is 144 Å². The Morgan fingerprint density at radius 3 is 2.96 bits per heavy atom. The Bertz CT molecular complexity index is 663. The Balaban J connectivity index is 1.69. The average molecular weight is 351 g/mol. The number of ether oxygens (including phenoxy) is 1. The Morgan fingerprint density at radius 2 is 2.29 bits per heavy atom. The van der Waals surface area contributed by atoms with Gasteiger partial charge < -0.3 is 19.7 Å². The molecule has 1 aliphatic rings. The van der Waals surface area contributed by atoms with Gasteiger partial charge in [-0.3, -0.25) is 9.69 Å². The first kappa shape index (κ1) is 17.1. The lowest BCUT2D eigenvalue weighted by Crippen LogP contribution is -2.41. The molecular weight excluding hydrogens is 330 g/mol. The molecule has 3 heterocycles. The second-order valence-electron chi connectivity index (χ2n) is 5.63. The third-order valence-corrected chi connectivity index (χ3v) is 4.77. The standard InChI is InChI=1S/C16H21N3O4S/c1-11(20)15-13(14(18-23-15)12-3-2-10-24-12)16(21)17-4-5-19-6-8-22-9-7-19/h2-3,10-11,20H,4-9H2,1H3,(H,17,21)/t11-/m0/s1. The molecule has 24 heavy (non-hydrogen) atoms. The van der Waals surface area contributed by atoms with E-state index < -0.39 is 6.10 Å². The normalized spacial score (nSPS) is 16.9. The fourth-order valence-corrected chi connectivity index (χ4v) is 3.34. The third-order valence-electron chi connectivity index (χ3n) is 3.90. The number of hydrogen-bond acceptors (Lipinski definition) is 7. The zero-order valence-electron chi connectivity index (χ0n) is 13.5. The van der Waals surface area contributed by atoms with Crippen LogP contribution in [0.25, 0.3) is 10.6 Å². The molecule has 1 amide bonds. The summed E-state index contributed by atoms with van der Waals surface area (Å²) in [6.07, 6.45) is -0.897. The van der Waals surface area contributed by atoms with E-state index in [1.165, 1.54) is 11.3 Å². The molecule has 0 saturated carbocycles. The molecule has 1 atom stereocenters. The van der Waals surface area contributed by atoms with Gasteiger partial charge in [-0.25, -0.2) is 0 Å². The number of nitrogens with zero attached hydrogens (tertiary/aromatic N) is 2. The largest absolute Gasteiger partial charge is 0.385 e. The molecule has 8 heteroatoms. The molecule has 0 aromatic carbocycles. The number of nitrogens with one attached hydrogen (secondary N) is 1. The van der Waals surface area contributed by atoms with Crippen LogP contribution in [0.15, 0.2) is 22.0 Å². The molecule has 0 spiro atoms. The van der Waals surface area contributed by atoms with E-state index in [1.54, 1.807) is 6.92 Å². The van der Waals surface area contributed by atoms with Gasteiger partial charge in [-0.2, -0.15) is 0 Å². The molecule has 2 aromatic heterocycles. The summed E-state index contributed by atoms with van der Waals surface area (Å²) in [4.78, 5) is 15.7. The highest BCUT2D eigenvalue weighted by Gasteiger charge is 2.27. The summed E-state index contributed by atoms with van der Waals surface area (Å²) >= 11 is 1.47. The molecule has 2 aromatic rings. The lowest BCUT2D eigenvalue weighted by Gasteiger charge is -2.26. The van der Waals surface area contributed by atoms with Gasteiger partial charge in [0.15, 0.2) is 5.76 Å². The van der Waals surface area contributed by atoms with Gasteiger partial charge in [-0.05, 0) is 18.4 Å². The van der Waals surface area contributed by atoms with Crippen molar-refractivity contribution in [3.8, 4) is 10.6 Å². The molecule has 7 nitrogen and oxygen atoms in total. The minimum atomic E-state index is -0.897. The summed E-state index contributed by atoms with van der Waals surface area (Å²) < 4.78 is 10.5. The van der Waals surface area contributed by atoms with Crippen LogP contribution in [0.3, 0.4) is 0 Å². The van der Waals surface area contributed by atoms with Crippen molar-refractivity contribution < 1.29 is 19.2 Å². The van der Waals surface area contributed by atoms with Crippen molar-refractivity contribution in [1.82, 2.24) is 15.4 Å². The molecule has 0 radical (unpaired) electrons. The van der Waals surface area contributed by atoms with Gasteiger partial charge >= 0.3 is 0 Å². The van der Waals surface area contributed by atoms with E-state index in [0.717, 1.165) is 37.7 Å². The second-order valence-corrected chi connectivity index (χ2v) is 6.58. The van der Waals surface area contributed by atoms with Crippen LogP contribution in [0.1, 0.15) is 29.1 Å². The van der Waals surface area contributed by atoms with Crippen molar-refractivity contribution in [1.29, 1.82) is 0 Å². The van der Waals surface area contributed by atoms with Gasteiger partial charge in [0.2, 0.25) is 0 Å². The van der Waals surface area contributed by atoms with Gasteiger partial charge in [0.1, 0.15) is 17.4 Å². The maximum atomic E-state index is 12.6. The van der Waals surface area contributed by atoms with E-state index in [4.69, 9.17) is 9.26 Å². The van der Waals surface area contributed by atoms with Crippen LogP contribution >= 0.6 is 11.3 Å². The predicted octanol–water partition coefficient (Wildman–Crippen LogP) is 1.52. The number of rotatable bonds is 6. The minimum absolute atomic E-state index is 0.197. The third kappa shape index (κ3) is 3.84. The molecule has 1 aliphatic heterocycles. The van der Waals surface area contributed by atoms with Crippen molar-refractivity contribution in [3.63, 3.8) is 0 Å². The first-order chi connectivity index (χ1) is 11.7. The number of carbonyl (C=O) groups is 1. The molecule has 3 rings (SSSR count). The number of aliphatic hydroxyl groups is 1. The van der Waals surface area contributed by atoms with E-state index >= 15 is 0 Å². The van der Waals surface area contributed by atoms with Crippen LogP contribution in [-0.4, -0.2) is 60.5 Å². The Hall–Kier alpha value is -1.74. The number of aromatic nitrogens is 1. The molecule has 0 bridgehead atoms. The number of carbonyl (C=O) groups excluding carboxylic acids is 1. The van der Waals surface area contributed by atoms with Gasteiger partial charge in [0.05, 0.1) is 18.1 Å². The minimum Gasteiger partial charge on any atom is -0.385 e. The molecule has 0 aliphatic carbocycles. The van der Waals surface area contributed by atoms with Crippen LogP contribution in [0, 0.1) is 0 Å². The fraction of sp³-hybridized carbons (Fsp3) is 0.500. The van der Waals surface area contributed by atoms with Crippen molar-refractivity contribution in [2.24, 2.45) is 0 Å². The smallest absolute Gasteiger partial charge is 0.257 e. The highest BCUT2D eigenvalue weighted by atomic mass is 32.1. The number of morpholine rings is 1. The van der Waals surface area contributed by atoms with Crippen LogP contribution in [0.4, 0.5) is 0 Å². The Morgan fingerprint density at radius 1 is 1.50 bits per heavy atom. The number of thiophene rings is 1. The number of amides is 1. The Kier molecular flexibility index (Phi) is 5.62. The summed E-state index contributed by atoms with van der Waals surface area (Å²) in [7, 11) is 0. The summed E-state index contributed by atoms with van der Waals surface area (Å²) in [6.45, 7) is 6.06. The molecule has 1 fully saturated rings. The molecule has 0 unspecified atom stereocenters. The van der Waals surface area contributed by atoms with Crippen LogP contribution in [0.2, 0.25) is 0 Å². The first-order valence-electron chi connectivity index (χ1n) is 7.96. The highest BCUT2D eigenvalue weighted by molar-refractivity contribution is 7.13. The molecule has 1 saturated heterocycles. The summed E-state index contributed by atoms with van der Waals surface area (Å²) in [6, 6.07) is 3.76. The van der Waals surface area contributed by atoms with E-state index in [1.807, 2.05) is 17.5 Å². The van der Waals surface area contributed by atoms with Crippen LogP contribution in [-0.2, 0) is 4.74 Å². The van der Waals surface area contributed by atoms with Crippen molar-refractivity contribution in [2.75, 3.05) is 39.4 Å². The zero-order valence-corrected chi connectivity index (χ0v) is 14.3. The zero-order chi connectivity index (χ0) is 16.9. The van der Waals surface area contributed by atoms with Crippen molar-refractivity contribution in [3.05, 3.63) is 28.8 Å². The van der Waals surface area contributed by atoms with Gasteiger partial charge in [-0.1, -0.05) is 11.2 Å². The lowest BCUT2D eigenvalue weighted by molar-refractivity contribution is 0.0383. The number of aliphatic hydroxyl groups excluding tert-OH is 1. The fourth-order valence-electron chi connectivity index (χ4n) is 2.63. The van der Waals surface area contributed by atoms with Gasteiger partial charge in [0, 0.05) is 26.2 Å². The van der Waals surface area contributed by atoms with Gasteiger partial charge in [-0.15, -0.1) is 11.3 Å². The monoisotopic (exact) mass is 351 g/mol. The van der Waals surface area contributed by atoms with Crippen LogP contribution < -0.4 is 5.32 Å². The maximum Gasteiger partial charge on any atom is 0.257 e. The molecule has 2 N–H and O–H groups in total. The summed E-state index contributed by atoms with van der Waals surface area (Å²) in [5.74, 6) is -0.0777. The summed E-state index contributed by atoms with van der Waals surface area (Å²) in [5.41, 5.74) is 0.791. The second kappa shape index (κ2) is 7.89. The highest BCUT2D eigenvalue weighted by Crippen LogP contribution is 2.31. The summed E-state index contributed by atoms with van der Waals surface area (Å²) in [5, 5.41) is 18.7. The lowest BCUT2D eigenvalue weighted by atomic mass is 10.1. The molecular formula is C16H21N3O4S. The van der Waals surface area contributed by atoms with Crippen LogP contribution in [0.5, 0.6) is 0 Å². The number of hydrogen-bond donors (Lipinski definition) is 2. The topological polar surface area (TPSA) is 87.8 Å². The van der Waals surface area contributed by atoms with E-state index in [-0.39, 0.29) is 11.7 Å². The SMILES string of the molecule is C[C@H](O)c1onc(-c2cccs2)c1C(=O)NCCN1CCOCC1. The molecule has 130 valence electrons. The van der Waals surface area contributed by atoms with E-state index in [2.05, 4.69) is 15.4 Å².